The standard InChI is InChI=1S/C15H18N2O2S/c1-17(11-12-5-7-14(20-2)8-6-12)15(18)16-10-13-4-3-9-19-13/h3-9H,10-11H2,1-2H3,(H,16,18). The molecule has 0 atom stereocenters. The third-order valence-corrected chi connectivity index (χ3v) is 3.66. The lowest BCUT2D eigenvalue weighted by Gasteiger charge is -2.17. The Morgan fingerprint density at radius 2 is 2.05 bits per heavy atom. The fourth-order valence-corrected chi connectivity index (χ4v) is 2.20. The third kappa shape index (κ3) is 4.06. The molecule has 1 N–H and O–H groups in total. The molecule has 0 aliphatic rings. The van der Waals surface area contributed by atoms with Crippen molar-refractivity contribution in [2.45, 2.75) is 18.0 Å². The summed E-state index contributed by atoms with van der Waals surface area (Å²) < 4.78 is 5.17. The van der Waals surface area contributed by atoms with Gasteiger partial charge >= 0.3 is 6.03 Å². The molecule has 0 bridgehead atoms. The monoisotopic (exact) mass is 290 g/mol. The molecule has 0 saturated heterocycles. The summed E-state index contributed by atoms with van der Waals surface area (Å²) in [5.74, 6) is 0.746. The van der Waals surface area contributed by atoms with E-state index < -0.39 is 0 Å². The van der Waals surface area contributed by atoms with Gasteiger partial charge in [-0.25, -0.2) is 4.79 Å². The average molecular weight is 290 g/mol. The van der Waals surface area contributed by atoms with Crippen LogP contribution in [-0.2, 0) is 13.1 Å². The van der Waals surface area contributed by atoms with Crippen molar-refractivity contribution in [3.8, 4) is 0 Å². The highest BCUT2D eigenvalue weighted by atomic mass is 32.2. The predicted molar refractivity (Wildman–Crippen MR) is 80.6 cm³/mol. The Hall–Kier alpha value is -1.88. The summed E-state index contributed by atoms with van der Waals surface area (Å²) >= 11 is 1.71. The van der Waals surface area contributed by atoms with E-state index in [-0.39, 0.29) is 6.03 Å². The molecule has 2 amide bonds. The zero-order valence-corrected chi connectivity index (χ0v) is 12.4. The Morgan fingerprint density at radius 3 is 2.65 bits per heavy atom. The summed E-state index contributed by atoms with van der Waals surface area (Å²) in [5.41, 5.74) is 1.11. The summed E-state index contributed by atoms with van der Waals surface area (Å²) in [5, 5.41) is 2.82. The largest absolute Gasteiger partial charge is 0.467 e. The van der Waals surface area contributed by atoms with Gasteiger partial charge in [-0.05, 0) is 36.1 Å². The van der Waals surface area contributed by atoms with Crippen molar-refractivity contribution >= 4 is 17.8 Å². The molecule has 1 heterocycles. The molecule has 1 aromatic heterocycles. The van der Waals surface area contributed by atoms with Crippen LogP contribution in [-0.4, -0.2) is 24.2 Å². The van der Waals surface area contributed by atoms with Crippen molar-refractivity contribution in [3.05, 3.63) is 54.0 Å². The van der Waals surface area contributed by atoms with Crippen LogP contribution in [0.2, 0.25) is 0 Å². The van der Waals surface area contributed by atoms with Crippen LogP contribution in [0.1, 0.15) is 11.3 Å². The molecule has 106 valence electrons. The maximum absolute atomic E-state index is 11.9. The van der Waals surface area contributed by atoms with E-state index in [0.29, 0.717) is 13.1 Å². The molecule has 2 rings (SSSR count). The van der Waals surface area contributed by atoms with Crippen molar-refractivity contribution in [3.63, 3.8) is 0 Å². The number of amides is 2. The van der Waals surface area contributed by atoms with Crippen LogP contribution in [0.5, 0.6) is 0 Å². The van der Waals surface area contributed by atoms with E-state index >= 15 is 0 Å². The number of hydrogen-bond donors (Lipinski definition) is 1. The van der Waals surface area contributed by atoms with Gasteiger partial charge in [0.15, 0.2) is 0 Å². The second-order valence-electron chi connectivity index (χ2n) is 4.44. The van der Waals surface area contributed by atoms with Crippen LogP contribution < -0.4 is 5.32 Å². The zero-order valence-electron chi connectivity index (χ0n) is 11.6. The summed E-state index contributed by atoms with van der Waals surface area (Å²) in [6.45, 7) is 0.986. The zero-order chi connectivity index (χ0) is 14.4. The number of carbonyl (C=O) groups excluding carboxylic acids is 1. The van der Waals surface area contributed by atoms with Crippen LogP contribution in [0, 0.1) is 0 Å². The highest BCUT2D eigenvalue weighted by Gasteiger charge is 2.09. The van der Waals surface area contributed by atoms with Crippen molar-refractivity contribution in [1.82, 2.24) is 10.2 Å². The molecule has 0 aliphatic carbocycles. The number of rotatable bonds is 5. The van der Waals surface area contributed by atoms with Gasteiger partial charge in [0.05, 0.1) is 12.8 Å². The average Bonchev–Trinajstić information content (AvgIpc) is 2.98. The molecule has 4 nitrogen and oxygen atoms in total. The molecule has 0 aliphatic heterocycles. The predicted octanol–water partition coefficient (Wildman–Crippen LogP) is 3.34. The first kappa shape index (κ1) is 14.5. The van der Waals surface area contributed by atoms with Gasteiger partial charge in [0.25, 0.3) is 0 Å². The topological polar surface area (TPSA) is 45.5 Å². The molecule has 0 unspecified atom stereocenters. The van der Waals surface area contributed by atoms with E-state index in [9.17, 15) is 4.79 Å². The van der Waals surface area contributed by atoms with Crippen molar-refractivity contribution in [2.75, 3.05) is 13.3 Å². The second kappa shape index (κ2) is 7.05. The molecule has 20 heavy (non-hydrogen) atoms. The lowest BCUT2D eigenvalue weighted by atomic mass is 10.2. The van der Waals surface area contributed by atoms with Gasteiger partial charge in [-0.2, -0.15) is 0 Å². The quantitative estimate of drug-likeness (QED) is 0.859. The number of nitrogens with one attached hydrogen (secondary N) is 1. The summed E-state index contributed by atoms with van der Waals surface area (Å²) in [6, 6.07) is 11.7. The van der Waals surface area contributed by atoms with Gasteiger partial charge in [-0.1, -0.05) is 12.1 Å². The molecular weight excluding hydrogens is 272 g/mol. The van der Waals surface area contributed by atoms with E-state index in [1.165, 1.54) is 4.90 Å². The van der Waals surface area contributed by atoms with Crippen LogP contribution in [0.3, 0.4) is 0 Å². The van der Waals surface area contributed by atoms with Gasteiger partial charge in [0.2, 0.25) is 0 Å². The van der Waals surface area contributed by atoms with Crippen molar-refractivity contribution in [2.24, 2.45) is 0 Å². The van der Waals surface area contributed by atoms with E-state index in [1.54, 1.807) is 36.0 Å². The Kier molecular flexibility index (Phi) is 5.12. The lowest BCUT2D eigenvalue weighted by molar-refractivity contribution is 0.205. The van der Waals surface area contributed by atoms with Crippen LogP contribution in [0.25, 0.3) is 0 Å². The summed E-state index contributed by atoms with van der Waals surface area (Å²) in [4.78, 5) is 14.8. The number of carbonyl (C=O) groups is 1. The maximum Gasteiger partial charge on any atom is 0.317 e. The number of thioether (sulfide) groups is 1. The van der Waals surface area contributed by atoms with Gasteiger partial charge in [-0.15, -0.1) is 11.8 Å². The minimum Gasteiger partial charge on any atom is -0.467 e. The number of furan rings is 1. The maximum atomic E-state index is 11.9. The normalized spacial score (nSPS) is 10.3. The summed E-state index contributed by atoms with van der Waals surface area (Å²) in [6.07, 6.45) is 3.64. The Balaban J connectivity index is 1.83. The third-order valence-electron chi connectivity index (χ3n) is 2.92. The number of hydrogen-bond acceptors (Lipinski definition) is 3. The smallest absolute Gasteiger partial charge is 0.317 e. The first-order valence-electron chi connectivity index (χ1n) is 6.33. The molecule has 0 spiro atoms. The Bertz CT molecular complexity index is 538. The molecule has 1 aromatic carbocycles. The van der Waals surface area contributed by atoms with E-state index in [2.05, 4.69) is 17.4 Å². The van der Waals surface area contributed by atoms with Crippen LogP contribution in [0.4, 0.5) is 4.79 Å². The van der Waals surface area contributed by atoms with Crippen LogP contribution in [0.15, 0.2) is 52.0 Å². The SMILES string of the molecule is CSc1ccc(CN(C)C(=O)NCc2ccco2)cc1. The van der Waals surface area contributed by atoms with E-state index in [0.717, 1.165) is 11.3 Å². The van der Waals surface area contributed by atoms with Crippen molar-refractivity contribution in [1.29, 1.82) is 0 Å². The van der Waals surface area contributed by atoms with Crippen LogP contribution >= 0.6 is 11.8 Å². The second-order valence-corrected chi connectivity index (χ2v) is 5.32. The fraction of sp³-hybridized carbons (Fsp3) is 0.267. The molecular formula is C15H18N2O2S. The van der Waals surface area contributed by atoms with Gasteiger partial charge in [0, 0.05) is 18.5 Å². The molecule has 0 fully saturated rings. The minimum absolute atomic E-state index is 0.115. The van der Waals surface area contributed by atoms with E-state index in [1.807, 2.05) is 24.5 Å². The summed E-state index contributed by atoms with van der Waals surface area (Å²) in [7, 11) is 1.78. The number of nitrogens with zero attached hydrogens (tertiary/aromatic N) is 1. The van der Waals surface area contributed by atoms with Gasteiger partial charge < -0.3 is 14.6 Å². The molecule has 0 radical (unpaired) electrons. The lowest BCUT2D eigenvalue weighted by Crippen LogP contribution is -2.36. The highest BCUT2D eigenvalue weighted by molar-refractivity contribution is 7.98. The minimum atomic E-state index is -0.115. The Labute approximate surface area is 123 Å². The highest BCUT2D eigenvalue weighted by Crippen LogP contribution is 2.15. The Morgan fingerprint density at radius 1 is 1.30 bits per heavy atom. The van der Waals surface area contributed by atoms with E-state index in [4.69, 9.17) is 4.42 Å². The molecule has 2 aromatic rings. The van der Waals surface area contributed by atoms with Crippen molar-refractivity contribution < 1.29 is 9.21 Å². The van der Waals surface area contributed by atoms with Gasteiger partial charge in [-0.3, -0.25) is 0 Å². The first-order valence-corrected chi connectivity index (χ1v) is 7.56. The molecule has 0 saturated carbocycles. The number of benzene rings is 1. The first-order chi connectivity index (χ1) is 9.69. The molecule has 5 heteroatoms. The number of urea groups is 1. The van der Waals surface area contributed by atoms with Gasteiger partial charge in [0.1, 0.15) is 5.76 Å². The fourth-order valence-electron chi connectivity index (χ4n) is 1.79.